The van der Waals surface area contributed by atoms with Gasteiger partial charge in [-0.25, -0.2) is 4.79 Å². The quantitative estimate of drug-likeness (QED) is 0.859. The Morgan fingerprint density at radius 1 is 1.30 bits per heavy atom. The molecule has 0 saturated heterocycles. The van der Waals surface area contributed by atoms with E-state index in [0.717, 1.165) is 0 Å². The van der Waals surface area contributed by atoms with Crippen LogP contribution in [0.15, 0.2) is 24.3 Å². The predicted octanol–water partition coefficient (Wildman–Crippen LogP) is 3.38. The Bertz CT molecular complexity index is 540. The van der Waals surface area contributed by atoms with Crippen LogP contribution in [-0.2, 0) is 4.74 Å². The number of carbonyl (C=O) groups excluding carboxylic acids is 1. The molecule has 0 fully saturated rings. The molecule has 0 aromatic heterocycles. The highest BCUT2D eigenvalue weighted by atomic mass is 35.5. The van der Waals surface area contributed by atoms with Crippen molar-refractivity contribution in [2.75, 3.05) is 13.2 Å². The first kappa shape index (κ1) is 19.7. The van der Waals surface area contributed by atoms with E-state index in [9.17, 15) is 15.0 Å². The highest BCUT2D eigenvalue weighted by Crippen LogP contribution is 2.24. The van der Waals surface area contributed by atoms with Gasteiger partial charge in [0.15, 0.2) is 0 Å². The fourth-order valence-corrected chi connectivity index (χ4v) is 2.16. The maximum Gasteiger partial charge on any atom is 0.410 e. The number of hydrogen-bond acceptors (Lipinski definition) is 4. The van der Waals surface area contributed by atoms with Crippen molar-refractivity contribution in [2.24, 2.45) is 0 Å². The molecule has 23 heavy (non-hydrogen) atoms. The van der Waals surface area contributed by atoms with Gasteiger partial charge in [0.25, 0.3) is 0 Å². The molecule has 5 nitrogen and oxygen atoms in total. The first-order chi connectivity index (χ1) is 10.5. The average molecular weight is 344 g/mol. The van der Waals surface area contributed by atoms with E-state index in [1.54, 1.807) is 58.9 Å². The van der Waals surface area contributed by atoms with Crippen LogP contribution in [0.4, 0.5) is 4.79 Å². The maximum absolute atomic E-state index is 12.5. The number of aliphatic hydroxyl groups is 2. The van der Waals surface area contributed by atoms with E-state index in [1.807, 2.05) is 0 Å². The molecular weight excluding hydrogens is 318 g/mol. The Morgan fingerprint density at radius 3 is 2.39 bits per heavy atom. The van der Waals surface area contributed by atoms with Crippen LogP contribution >= 0.6 is 11.6 Å². The Hall–Kier alpha value is -1.30. The van der Waals surface area contributed by atoms with Gasteiger partial charge < -0.3 is 14.9 Å². The number of aliphatic hydroxyl groups excluding tert-OH is 2. The van der Waals surface area contributed by atoms with Gasteiger partial charge in [-0.3, -0.25) is 4.90 Å². The second kappa shape index (κ2) is 7.51. The minimum absolute atomic E-state index is 0.0111. The molecule has 6 heteroatoms. The van der Waals surface area contributed by atoms with Crippen molar-refractivity contribution in [2.45, 2.75) is 51.9 Å². The molecule has 1 rings (SSSR count). The zero-order chi connectivity index (χ0) is 17.8. The Kier molecular flexibility index (Phi) is 6.45. The molecular formula is C17H26ClNO4. The zero-order valence-corrected chi connectivity index (χ0v) is 15.1. The van der Waals surface area contributed by atoms with Gasteiger partial charge in [0.1, 0.15) is 5.60 Å². The molecule has 0 aliphatic heterocycles. The molecule has 130 valence electrons. The second-order valence-electron chi connectivity index (χ2n) is 7.13. The van der Waals surface area contributed by atoms with Gasteiger partial charge in [-0.05, 0) is 52.3 Å². The number of halogens is 1. The van der Waals surface area contributed by atoms with E-state index in [-0.39, 0.29) is 13.2 Å². The molecule has 0 radical (unpaired) electrons. The number of β-amino-alcohol motifs (C(OH)–C–C–N with tert-alkyl or cyclic N) is 1. The molecule has 0 heterocycles. The summed E-state index contributed by atoms with van der Waals surface area (Å²) in [4.78, 5) is 13.8. The van der Waals surface area contributed by atoms with Crippen LogP contribution in [0.5, 0.6) is 0 Å². The van der Waals surface area contributed by atoms with Crippen molar-refractivity contribution < 1.29 is 19.7 Å². The van der Waals surface area contributed by atoms with E-state index in [0.29, 0.717) is 10.6 Å². The molecule has 0 aliphatic rings. The van der Waals surface area contributed by atoms with Crippen molar-refractivity contribution in [1.82, 2.24) is 4.90 Å². The molecule has 0 bridgehead atoms. The van der Waals surface area contributed by atoms with Gasteiger partial charge in [0.05, 0.1) is 24.8 Å². The molecule has 1 atom stereocenters. The lowest BCUT2D eigenvalue weighted by molar-refractivity contribution is -0.0237. The summed E-state index contributed by atoms with van der Waals surface area (Å²) >= 11 is 5.94. The van der Waals surface area contributed by atoms with Gasteiger partial charge in [0, 0.05) is 5.02 Å². The van der Waals surface area contributed by atoms with Gasteiger partial charge in [0.2, 0.25) is 0 Å². The highest BCUT2D eigenvalue weighted by Gasteiger charge is 2.35. The van der Waals surface area contributed by atoms with Crippen LogP contribution in [0.25, 0.3) is 0 Å². The van der Waals surface area contributed by atoms with Crippen LogP contribution < -0.4 is 0 Å². The summed E-state index contributed by atoms with van der Waals surface area (Å²) in [6, 6.07) is 6.82. The lowest BCUT2D eigenvalue weighted by atomic mass is 10.0. The standard InChI is InChI=1S/C17H26ClNO4/c1-16(2,3)23-15(22)19(17(4,5)11-20)10-14(21)12-7-6-8-13(18)9-12/h6-9,14,20-21H,10-11H2,1-5H3. The molecule has 0 spiro atoms. The summed E-state index contributed by atoms with van der Waals surface area (Å²) in [6.45, 7) is 8.45. The number of carbonyl (C=O) groups is 1. The van der Waals surface area contributed by atoms with E-state index in [2.05, 4.69) is 0 Å². The minimum Gasteiger partial charge on any atom is -0.444 e. The highest BCUT2D eigenvalue weighted by molar-refractivity contribution is 6.30. The largest absolute Gasteiger partial charge is 0.444 e. The predicted molar refractivity (Wildman–Crippen MR) is 90.5 cm³/mol. The van der Waals surface area contributed by atoms with Crippen molar-refractivity contribution >= 4 is 17.7 Å². The van der Waals surface area contributed by atoms with Crippen molar-refractivity contribution in [3.05, 3.63) is 34.9 Å². The SMILES string of the molecule is CC(C)(C)OC(=O)N(CC(O)c1cccc(Cl)c1)C(C)(C)CO. The summed E-state index contributed by atoms with van der Waals surface area (Å²) in [5.41, 5.74) is -0.941. The maximum atomic E-state index is 12.5. The minimum atomic E-state index is -0.938. The average Bonchev–Trinajstić information content (AvgIpc) is 2.42. The fourth-order valence-electron chi connectivity index (χ4n) is 1.96. The summed E-state index contributed by atoms with van der Waals surface area (Å²) in [7, 11) is 0. The molecule has 2 N–H and O–H groups in total. The van der Waals surface area contributed by atoms with Crippen LogP contribution in [0, 0.1) is 0 Å². The van der Waals surface area contributed by atoms with Crippen LogP contribution in [0.2, 0.25) is 5.02 Å². The first-order valence-corrected chi connectivity index (χ1v) is 7.89. The van der Waals surface area contributed by atoms with E-state index in [4.69, 9.17) is 16.3 Å². The molecule has 1 aromatic rings. The van der Waals surface area contributed by atoms with E-state index < -0.39 is 23.3 Å². The van der Waals surface area contributed by atoms with E-state index >= 15 is 0 Å². The normalized spacial score (nSPS) is 13.6. The Labute approximate surface area is 142 Å². The second-order valence-corrected chi connectivity index (χ2v) is 7.57. The van der Waals surface area contributed by atoms with Crippen LogP contribution in [0.1, 0.15) is 46.3 Å². The third-order valence-electron chi connectivity index (χ3n) is 3.32. The fraction of sp³-hybridized carbons (Fsp3) is 0.588. The van der Waals surface area contributed by atoms with Crippen LogP contribution in [0.3, 0.4) is 0 Å². The lowest BCUT2D eigenvalue weighted by Gasteiger charge is -2.39. The summed E-state index contributed by atoms with van der Waals surface area (Å²) in [6.07, 6.45) is -1.52. The van der Waals surface area contributed by atoms with Gasteiger partial charge >= 0.3 is 6.09 Å². The smallest absolute Gasteiger partial charge is 0.410 e. The molecule has 1 amide bonds. The number of amides is 1. The number of benzene rings is 1. The molecule has 1 unspecified atom stereocenters. The molecule has 0 aliphatic carbocycles. The van der Waals surface area contributed by atoms with Gasteiger partial charge in [-0.1, -0.05) is 23.7 Å². The van der Waals surface area contributed by atoms with Crippen molar-refractivity contribution in [3.63, 3.8) is 0 Å². The summed E-state index contributed by atoms with van der Waals surface area (Å²) in [5, 5.41) is 20.5. The third kappa shape index (κ3) is 6.01. The van der Waals surface area contributed by atoms with Crippen molar-refractivity contribution in [1.29, 1.82) is 0 Å². The van der Waals surface area contributed by atoms with Crippen molar-refractivity contribution in [3.8, 4) is 0 Å². The summed E-state index contributed by atoms with van der Waals surface area (Å²) in [5.74, 6) is 0. The number of rotatable bonds is 5. The lowest BCUT2D eigenvalue weighted by Crippen LogP contribution is -2.53. The third-order valence-corrected chi connectivity index (χ3v) is 3.56. The van der Waals surface area contributed by atoms with Gasteiger partial charge in [-0.2, -0.15) is 0 Å². The zero-order valence-electron chi connectivity index (χ0n) is 14.3. The molecule has 0 saturated carbocycles. The monoisotopic (exact) mass is 343 g/mol. The Balaban J connectivity index is 2.99. The number of nitrogens with zero attached hydrogens (tertiary/aromatic N) is 1. The van der Waals surface area contributed by atoms with E-state index in [1.165, 1.54) is 4.90 Å². The van der Waals surface area contributed by atoms with Crippen LogP contribution in [-0.4, -0.2) is 45.5 Å². The number of hydrogen-bond donors (Lipinski definition) is 2. The Morgan fingerprint density at radius 2 is 1.91 bits per heavy atom. The summed E-state index contributed by atoms with van der Waals surface area (Å²) < 4.78 is 5.39. The first-order valence-electron chi connectivity index (χ1n) is 7.51. The number of ether oxygens (including phenoxy) is 1. The molecule has 1 aromatic carbocycles. The topological polar surface area (TPSA) is 70.0 Å². The van der Waals surface area contributed by atoms with Gasteiger partial charge in [-0.15, -0.1) is 0 Å².